The van der Waals surface area contributed by atoms with E-state index < -0.39 is 29.7 Å². The second kappa shape index (κ2) is 10.6. The fourth-order valence-corrected chi connectivity index (χ4v) is 3.16. The summed E-state index contributed by atoms with van der Waals surface area (Å²) < 4.78 is 11.4. The van der Waals surface area contributed by atoms with Crippen molar-refractivity contribution in [3.63, 3.8) is 0 Å². The number of nitrogens with two attached hydrogens (primary N) is 1. The van der Waals surface area contributed by atoms with Crippen molar-refractivity contribution in [2.24, 2.45) is 0 Å². The molecule has 0 saturated carbocycles. The van der Waals surface area contributed by atoms with E-state index >= 15 is 0 Å². The van der Waals surface area contributed by atoms with Crippen LogP contribution in [0.2, 0.25) is 0 Å². The Kier molecular flexibility index (Phi) is 8.17. The number of nitrogens with zero attached hydrogens (tertiary/aromatic N) is 3. The molecule has 2 aromatic rings. The highest BCUT2D eigenvalue weighted by atomic mass is 16.5. The van der Waals surface area contributed by atoms with Crippen LogP contribution in [0.4, 0.5) is 11.5 Å². The van der Waals surface area contributed by atoms with Crippen molar-refractivity contribution in [2.75, 3.05) is 23.8 Å². The average Bonchev–Trinajstić information content (AvgIpc) is 3.11. The Balaban J connectivity index is 2.33. The molecule has 3 N–H and O–H groups in total. The van der Waals surface area contributed by atoms with Crippen molar-refractivity contribution in [3.8, 4) is 0 Å². The number of hydrogen-bond donors (Lipinski definition) is 2. The summed E-state index contributed by atoms with van der Waals surface area (Å²) in [6, 6.07) is 0. The summed E-state index contributed by atoms with van der Waals surface area (Å²) >= 11 is 0. The fourth-order valence-electron chi connectivity index (χ4n) is 3.16. The van der Waals surface area contributed by atoms with Crippen molar-refractivity contribution in [3.05, 3.63) is 37.9 Å². The zero-order chi connectivity index (χ0) is 23.1. The van der Waals surface area contributed by atoms with Gasteiger partial charge in [0.2, 0.25) is 0 Å². The molecule has 0 bridgehead atoms. The normalized spacial score (nSPS) is 10.8. The number of unbranched alkanes of at least 4 members (excludes halogenated alkanes) is 1. The van der Waals surface area contributed by atoms with Crippen molar-refractivity contribution < 1.29 is 18.8 Å². The minimum Gasteiger partial charge on any atom is -0.452 e. The van der Waals surface area contributed by atoms with E-state index in [0.717, 1.165) is 11.3 Å². The third-order valence-electron chi connectivity index (χ3n) is 4.77. The number of aromatic amines is 1. The molecule has 0 aromatic carbocycles. The van der Waals surface area contributed by atoms with Gasteiger partial charge < -0.3 is 19.9 Å². The van der Waals surface area contributed by atoms with Crippen LogP contribution in [0.25, 0.3) is 0 Å². The largest absolute Gasteiger partial charge is 0.452 e. The molecule has 0 aliphatic rings. The van der Waals surface area contributed by atoms with Crippen LogP contribution >= 0.6 is 0 Å². The molecular weight excluding hydrogens is 406 g/mol. The topological polar surface area (TPSA) is 154 Å². The number of ether oxygens (including phenoxy) is 1. The average molecular weight is 435 g/mol. The molecule has 0 spiro atoms. The van der Waals surface area contributed by atoms with Crippen LogP contribution in [0.5, 0.6) is 0 Å². The minimum absolute atomic E-state index is 0.102. The first-order valence-electron chi connectivity index (χ1n) is 10.3. The smallest absolute Gasteiger partial charge is 0.344 e. The van der Waals surface area contributed by atoms with Crippen LogP contribution in [0.1, 0.15) is 61.8 Å². The highest BCUT2D eigenvalue weighted by Gasteiger charge is 2.26. The van der Waals surface area contributed by atoms with Gasteiger partial charge in [0.05, 0.1) is 5.69 Å². The molecule has 2 rings (SSSR count). The number of anilines is 2. The molecule has 2 aromatic heterocycles. The lowest BCUT2D eigenvalue weighted by molar-refractivity contribution is -0.121. The molecule has 0 aliphatic heterocycles. The van der Waals surface area contributed by atoms with Crippen LogP contribution in [-0.2, 0) is 22.5 Å². The summed E-state index contributed by atoms with van der Waals surface area (Å²) in [4.78, 5) is 53.4. The van der Waals surface area contributed by atoms with Crippen LogP contribution in [0, 0.1) is 6.92 Å². The maximum absolute atomic E-state index is 12.9. The standard InChI is InChI=1S/C20H29N5O6/c1-5-8-10-24(16-17(21)25(9-6-2)20(29)22-18(16)27)14(26)11-30-19(28)15-12(4)31-23-13(15)7-3/h5-11,21H2,1-4H3,(H,22,27,29). The molecule has 0 radical (unpaired) electrons. The Morgan fingerprint density at radius 3 is 2.55 bits per heavy atom. The van der Waals surface area contributed by atoms with Gasteiger partial charge in [-0.3, -0.25) is 19.1 Å². The Labute approximate surface area is 179 Å². The van der Waals surface area contributed by atoms with Gasteiger partial charge in [-0.25, -0.2) is 9.59 Å². The van der Waals surface area contributed by atoms with Gasteiger partial charge in [-0.15, -0.1) is 0 Å². The maximum Gasteiger partial charge on any atom is 0.344 e. The number of hydrogen-bond acceptors (Lipinski definition) is 8. The lowest BCUT2D eigenvalue weighted by atomic mass is 10.1. The zero-order valence-corrected chi connectivity index (χ0v) is 18.3. The Bertz CT molecular complexity index is 1050. The molecular formula is C20H29N5O6. The highest BCUT2D eigenvalue weighted by molar-refractivity contribution is 5.99. The van der Waals surface area contributed by atoms with Gasteiger partial charge in [0.25, 0.3) is 11.5 Å². The number of rotatable bonds is 10. The van der Waals surface area contributed by atoms with Gasteiger partial charge in [-0.05, 0) is 26.2 Å². The van der Waals surface area contributed by atoms with Crippen LogP contribution in [0.3, 0.4) is 0 Å². The number of carbonyl (C=O) groups is 2. The van der Waals surface area contributed by atoms with E-state index in [1.807, 2.05) is 20.8 Å². The van der Waals surface area contributed by atoms with Gasteiger partial charge in [0.15, 0.2) is 12.3 Å². The molecule has 0 fully saturated rings. The maximum atomic E-state index is 12.9. The second-order valence-corrected chi connectivity index (χ2v) is 7.03. The summed E-state index contributed by atoms with van der Waals surface area (Å²) in [6.07, 6.45) is 2.39. The van der Waals surface area contributed by atoms with Crippen LogP contribution in [0.15, 0.2) is 14.1 Å². The van der Waals surface area contributed by atoms with Gasteiger partial charge >= 0.3 is 11.7 Å². The van der Waals surface area contributed by atoms with E-state index in [4.69, 9.17) is 15.0 Å². The Morgan fingerprint density at radius 1 is 1.23 bits per heavy atom. The molecule has 2 heterocycles. The van der Waals surface area contributed by atoms with Crippen molar-refractivity contribution in [1.82, 2.24) is 14.7 Å². The lowest BCUT2D eigenvalue weighted by Crippen LogP contribution is -2.43. The molecule has 0 unspecified atom stereocenters. The molecule has 11 nitrogen and oxygen atoms in total. The number of H-pyrrole nitrogens is 1. The van der Waals surface area contributed by atoms with Crippen LogP contribution in [-0.4, -0.2) is 39.7 Å². The molecule has 0 atom stereocenters. The lowest BCUT2D eigenvalue weighted by Gasteiger charge is -2.24. The number of amides is 1. The van der Waals surface area contributed by atoms with Gasteiger partial charge in [0.1, 0.15) is 17.1 Å². The fraction of sp³-hybridized carbons (Fsp3) is 0.550. The monoisotopic (exact) mass is 435 g/mol. The molecule has 0 aliphatic carbocycles. The van der Waals surface area contributed by atoms with E-state index in [0.29, 0.717) is 30.7 Å². The third-order valence-corrected chi connectivity index (χ3v) is 4.77. The number of esters is 1. The quantitative estimate of drug-likeness (QED) is 0.531. The molecule has 1 amide bonds. The summed E-state index contributed by atoms with van der Waals surface area (Å²) in [5.74, 6) is -1.18. The number of carbonyl (C=O) groups excluding carboxylic acids is 2. The van der Waals surface area contributed by atoms with E-state index in [2.05, 4.69) is 10.1 Å². The van der Waals surface area contributed by atoms with Gasteiger partial charge in [-0.2, -0.15) is 0 Å². The number of nitrogen functional groups attached to an aromatic ring is 1. The van der Waals surface area contributed by atoms with E-state index in [1.165, 1.54) is 4.57 Å². The van der Waals surface area contributed by atoms with Gasteiger partial charge in [-0.1, -0.05) is 32.3 Å². The summed E-state index contributed by atoms with van der Waals surface area (Å²) in [7, 11) is 0. The number of nitrogens with one attached hydrogen (secondary N) is 1. The van der Waals surface area contributed by atoms with E-state index in [-0.39, 0.29) is 30.2 Å². The van der Waals surface area contributed by atoms with Crippen molar-refractivity contribution >= 4 is 23.4 Å². The third kappa shape index (κ3) is 5.22. The second-order valence-electron chi connectivity index (χ2n) is 7.03. The minimum atomic E-state index is -0.770. The zero-order valence-electron chi connectivity index (χ0n) is 18.3. The van der Waals surface area contributed by atoms with Crippen molar-refractivity contribution in [2.45, 2.75) is 59.9 Å². The molecule has 11 heteroatoms. The van der Waals surface area contributed by atoms with E-state index in [9.17, 15) is 19.2 Å². The number of aromatic nitrogens is 3. The predicted molar refractivity (Wildman–Crippen MR) is 114 cm³/mol. The number of aryl methyl sites for hydroxylation is 2. The first-order chi connectivity index (χ1) is 14.8. The highest BCUT2D eigenvalue weighted by Crippen LogP contribution is 2.19. The summed E-state index contributed by atoms with van der Waals surface area (Å²) in [5, 5.41) is 3.80. The van der Waals surface area contributed by atoms with Gasteiger partial charge in [0, 0.05) is 13.1 Å². The molecule has 0 saturated heterocycles. The molecule has 170 valence electrons. The van der Waals surface area contributed by atoms with E-state index in [1.54, 1.807) is 6.92 Å². The predicted octanol–water partition coefficient (Wildman–Crippen LogP) is 1.38. The summed E-state index contributed by atoms with van der Waals surface area (Å²) in [5.41, 5.74) is 5.18. The van der Waals surface area contributed by atoms with Crippen LogP contribution < -0.4 is 21.9 Å². The first-order valence-corrected chi connectivity index (χ1v) is 10.3. The summed E-state index contributed by atoms with van der Waals surface area (Å²) in [6.45, 7) is 7.02. The Morgan fingerprint density at radius 2 is 1.94 bits per heavy atom. The molecule has 31 heavy (non-hydrogen) atoms. The SMILES string of the molecule is CCCCN(C(=O)COC(=O)c1c(CC)noc1C)c1c(N)n(CCC)c(=O)[nH]c1=O. The Hall–Kier alpha value is -3.37. The van der Waals surface area contributed by atoms with Crippen molar-refractivity contribution in [1.29, 1.82) is 0 Å². The first kappa shape index (κ1) is 23.9.